The third-order valence-electron chi connectivity index (χ3n) is 5.52. The second-order valence-corrected chi connectivity index (χ2v) is 9.42. The number of aromatic nitrogens is 2. The summed E-state index contributed by atoms with van der Waals surface area (Å²) in [5, 5.41) is 27.3. The summed E-state index contributed by atoms with van der Waals surface area (Å²) in [5.74, 6) is 0.905. The number of halogens is 1. The lowest BCUT2D eigenvalue weighted by molar-refractivity contribution is -0.384. The van der Waals surface area contributed by atoms with E-state index >= 15 is 0 Å². The first kappa shape index (κ1) is 26.0. The molecule has 12 heteroatoms. The van der Waals surface area contributed by atoms with Crippen molar-refractivity contribution in [1.82, 2.24) is 15.3 Å². The predicted molar refractivity (Wildman–Crippen MR) is 135 cm³/mol. The van der Waals surface area contributed by atoms with Crippen LogP contribution in [0.3, 0.4) is 0 Å². The highest BCUT2D eigenvalue weighted by Gasteiger charge is 2.30. The molecule has 0 saturated carbocycles. The second kappa shape index (κ2) is 12.2. The predicted octanol–water partition coefficient (Wildman–Crippen LogP) is 4.46. The van der Waals surface area contributed by atoms with Crippen LogP contribution in [0.15, 0.2) is 24.3 Å². The molecule has 1 aromatic carbocycles. The van der Waals surface area contributed by atoms with Crippen molar-refractivity contribution in [3.8, 4) is 0 Å². The molecule has 1 saturated heterocycles. The molecule has 2 aromatic rings. The topological polar surface area (TPSA) is 134 Å². The minimum absolute atomic E-state index is 0.0531. The molecule has 2 atom stereocenters. The van der Waals surface area contributed by atoms with Crippen LogP contribution in [0.2, 0.25) is 5.02 Å². The first-order chi connectivity index (χ1) is 16.3. The Labute approximate surface area is 207 Å². The number of aryl methyl sites for hydroxylation is 1. The highest BCUT2D eigenvalue weighted by molar-refractivity contribution is 7.98. The largest absolute Gasteiger partial charge is 0.480 e. The lowest BCUT2D eigenvalue weighted by atomic mass is 10.2. The number of rotatable bonds is 12. The Morgan fingerprint density at radius 3 is 2.88 bits per heavy atom. The van der Waals surface area contributed by atoms with Crippen LogP contribution in [0, 0.1) is 10.1 Å². The van der Waals surface area contributed by atoms with Gasteiger partial charge in [-0.1, -0.05) is 24.9 Å². The summed E-state index contributed by atoms with van der Waals surface area (Å²) in [6.45, 7) is 2.79. The van der Waals surface area contributed by atoms with Crippen molar-refractivity contribution in [2.75, 3.05) is 28.8 Å². The minimum atomic E-state index is -0.859. The van der Waals surface area contributed by atoms with Crippen LogP contribution in [-0.2, 0) is 11.2 Å². The summed E-state index contributed by atoms with van der Waals surface area (Å²) < 4.78 is 0. The van der Waals surface area contributed by atoms with Crippen molar-refractivity contribution in [2.45, 2.75) is 51.2 Å². The molecule has 3 N–H and O–H groups in total. The Bertz CT molecular complexity index is 1030. The molecule has 1 unspecified atom stereocenters. The van der Waals surface area contributed by atoms with E-state index in [9.17, 15) is 20.0 Å². The molecule has 0 aliphatic carbocycles. The van der Waals surface area contributed by atoms with E-state index in [1.807, 2.05) is 12.3 Å². The molecule has 1 aromatic heterocycles. The van der Waals surface area contributed by atoms with E-state index in [-0.39, 0.29) is 16.9 Å². The van der Waals surface area contributed by atoms with Crippen molar-refractivity contribution in [3.63, 3.8) is 0 Å². The van der Waals surface area contributed by atoms with Gasteiger partial charge in [-0.15, -0.1) is 0 Å². The van der Waals surface area contributed by atoms with E-state index in [1.54, 1.807) is 17.8 Å². The van der Waals surface area contributed by atoms with E-state index in [1.165, 1.54) is 12.1 Å². The number of nitrogens with one attached hydrogen (secondary N) is 2. The number of thioether (sulfide) groups is 1. The van der Waals surface area contributed by atoms with Gasteiger partial charge >= 0.3 is 5.97 Å². The lowest BCUT2D eigenvalue weighted by Gasteiger charge is -2.29. The number of carboxylic acid groups (broad SMARTS) is 1. The molecule has 0 spiro atoms. The second-order valence-electron chi connectivity index (χ2n) is 8.03. The highest BCUT2D eigenvalue weighted by Crippen LogP contribution is 2.30. The van der Waals surface area contributed by atoms with Crippen LogP contribution >= 0.6 is 23.4 Å². The molecule has 2 heterocycles. The fraction of sp³-hybridized carbons (Fsp3) is 0.500. The number of carbonyl (C=O) groups is 1. The molecular formula is C22H29ClN6O4S. The number of carboxylic acids is 1. The van der Waals surface area contributed by atoms with Crippen LogP contribution in [0.5, 0.6) is 0 Å². The normalized spacial score (nSPS) is 16.4. The summed E-state index contributed by atoms with van der Waals surface area (Å²) in [4.78, 5) is 33.8. The molecule has 1 aliphatic rings. The Balaban J connectivity index is 1.87. The number of benzene rings is 1. The van der Waals surface area contributed by atoms with E-state index in [2.05, 4.69) is 32.4 Å². The van der Waals surface area contributed by atoms with Crippen LogP contribution in [0.4, 0.5) is 23.1 Å². The quantitative estimate of drug-likeness (QED) is 0.278. The van der Waals surface area contributed by atoms with E-state index in [0.717, 1.165) is 43.7 Å². The first-order valence-electron chi connectivity index (χ1n) is 11.2. The van der Waals surface area contributed by atoms with Crippen molar-refractivity contribution in [3.05, 3.63) is 45.1 Å². The van der Waals surface area contributed by atoms with Gasteiger partial charge in [0.1, 0.15) is 16.9 Å². The summed E-state index contributed by atoms with van der Waals surface area (Å²) in [6.07, 6.45) is 5.68. The average Bonchev–Trinajstić information content (AvgIpc) is 3.26. The van der Waals surface area contributed by atoms with Crippen molar-refractivity contribution in [2.24, 2.45) is 0 Å². The van der Waals surface area contributed by atoms with E-state index in [4.69, 9.17) is 11.6 Å². The summed E-state index contributed by atoms with van der Waals surface area (Å²) in [7, 11) is 0. The Morgan fingerprint density at radius 1 is 1.41 bits per heavy atom. The molecule has 0 bridgehead atoms. The SMILES string of the molecule is CCCc1cc(N2CCC[C@H]2NC(CCSC)C(=O)O)nc(Nc2ccc(Cl)c([N+](=O)[O-])c2)n1. The van der Waals surface area contributed by atoms with Crippen molar-refractivity contribution in [1.29, 1.82) is 0 Å². The molecule has 10 nitrogen and oxygen atoms in total. The molecule has 3 rings (SSSR count). The maximum absolute atomic E-state index is 11.7. The van der Waals surface area contributed by atoms with Gasteiger partial charge in [-0.05, 0) is 49.8 Å². The zero-order valence-electron chi connectivity index (χ0n) is 19.2. The summed E-state index contributed by atoms with van der Waals surface area (Å²) in [5.41, 5.74) is 1.08. The molecule has 34 heavy (non-hydrogen) atoms. The van der Waals surface area contributed by atoms with Gasteiger partial charge in [-0.3, -0.25) is 20.2 Å². The van der Waals surface area contributed by atoms with Gasteiger partial charge in [0.2, 0.25) is 5.95 Å². The number of anilines is 3. The maximum Gasteiger partial charge on any atom is 0.320 e. The van der Waals surface area contributed by atoms with Gasteiger partial charge in [0, 0.05) is 30.1 Å². The van der Waals surface area contributed by atoms with E-state index in [0.29, 0.717) is 23.9 Å². The van der Waals surface area contributed by atoms with Gasteiger partial charge < -0.3 is 15.3 Å². The standard InChI is InChI=1S/C22H29ClN6O4S/c1-3-5-14-13-20(28-10-4-6-19(28)26-17(21(30)31)9-11-34-2)27-22(24-14)25-15-7-8-16(23)18(12-15)29(32)33/h7-8,12-13,17,19,26H,3-6,9-11H2,1-2H3,(H,30,31)(H,24,25,27)/t17?,19-/m0/s1. The molecule has 1 fully saturated rings. The number of nitro groups is 1. The summed E-state index contributed by atoms with van der Waals surface area (Å²) >= 11 is 7.55. The van der Waals surface area contributed by atoms with E-state index < -0.39 is 16.9 Å². The van der Waals surface area contributed by atoms with Gasteiger partial charge in [0.15, 0.2) is 0 Å². The zero-order chi connectivity index (χ0) is 24.7. The number of hydrogen-bond acceptors (Lipinski definition) is 9. The van der Waals surface area contributed by atoms with Gasteiger partial charge in [-0.2, -0.15) is 16.7 Å². The lowest BCUT2D eigenvalue weighted by Crippen LogP contribution is -2.50. The van der Waals surface area contributed by atoms with Gasteiger partial charge in [0.05, 0.1) is 11.1 Å². The Hall–Kier alpha value is -2.63. The third kappa shape index (κ3) is 6.71. The summed E-state index contributed by atoms with van der Waals surface area (Å²) in [6, 6.07) is 5.73. The Kier molecular flexibility index (Phi) is 9.31. The highest BCUT2D eigenvalue weighted by atomic mass is 35.5. The van der Waals surface area contributed by atoms with Crippen LogP contribution in [0.1, 0.15) is 38.3 Å². The average molecular weight is 509 g/mol. The molecule has 0 amide bonds. The number of nitrogens with zero attached hydrogens (tertiary/aromatic N) is 4. The van der Waals surface area contributed by atoms with Gasteiger partial charge in [0.25, 0.3) is 5.69 Å². The molecule has 184 valence electrons. The number of nitro benzene ring substituents is 1. The zero-order valence-corrected chi connectivity index (χ0v) is 20.7. The van der Waals surface area contributed by atoms with Crippen LogP contribution in [0.25, 0.3) is 0 Å². The molecule has 1 aliphatic heterocycles. The fourth-order valence-corrected chi connectivity index (χ4v) is 4.55. The monoisotopic (exact) mass is 508 g/mol. The smallest absolute Gasteiger partial charge is 0.320 e. The third-order valence-corrected chi connectivity index (χ3v) is 6.48. The first-order valence-corrected chi connectivity index (χ1v) is 12.9. The van der Waals surface area contributed by atoms with Gasteiger partial charge in [-0.25, -0.2) is 4.98 Å². The van der Waals surface area contributed by atoms with Crippen LogP contribution in [-0.4, -0.2) is 56.7 Å². The number of aliphatic carboxylic acids is 1. The maximum atomic E-state index is 11.7. The number of hydrogen-bond donors (Lipinski definition) is 3. The molecule has 0 radical (unpaired) electrons. The van der Waals surface area contributed by atoms with Crippen molar-refractivity contribution < 1.29 is 14.8 Å². The van der Waals surface area contributed by atoms with Crippen molar-refractivity contribution >= 4 is 52.5 Å². The Morgan fingerprint density at radius 2 is 2.21 bits per heavy atom. The molecular weight excluding hydrogens is 480 g/mol. The minimum Gasteiger partial charge on any atom is -0.480 e. The van der Waals surface area contributed by atoms with Crippen LogP contribution < -0.4 is 15.5 Å². The fourth-order valence-electron chi connectivity index (χ4n) is 3.89.